The summed E-state index contributed by atoms with van der Waals surface area (Å²) < 4.78 is 29.5. The van der Waals surface area contributed by atoms with Crippen LogP contribution in [0.3, 0.4) is 0 Å². The van der Waals surface area contributed by atoms with Crippen LogP contribution in [0.1, 0.15) is 72.6 Å². The number of aliphatic hydroxyl groups is 1. The van der Waals surface area contributed by atoms with Gasteiger partial charge in [0, 0.05) is 50.8 Å². The number of rotatable bonds is 6. The van der Waals surface area contributed by atoms with Crippen LogP contribution < -0.4 is 5.43 Å². The first-order valence-corrected chi connectivity index (χ1v) is 16.8. The molecule has 8 heteroatoms. The van der Waals surface area contributed by atoms with Crippen molar-refractivity contribution in [2.24, 2.45) is 35.5 Å². The highest BCUT2D eigenvalue weighted by atomic mass is 32.2. The molecule has 0 spiro atoms. The van der Waals surface area contributed by atoms with Crippen molar-refractivity contribution in [3.63, 3.8) is 0 Å². The Labute approximate surface area is 226 Å². The van der Waals surface area contributed by atoms with Gasteiger partial charge in [-0.05, 0) is 74.5 Å². The highest BCUT2D eigenvalue weighted by Crippen LogP contribution is 2.49. The SMILES string of the molecule is CCN1NCC(S(=O)(=O)N2C/C=C\CN3C(C2)[C@H](C2CCC(C4CCCC(C)C4C)CC2)[C@H]3CO)C1C. The fourth-order valence-electron chi connectivity index (χ4n) is 8.99. The number of hydrogen-bond donors (Lipinski definition) is 2. The van der Waals surface area contributed by atoms with Crippen molar-refractivity contribution in [1.82, 2.24) is 19.6 Å². The highest BCUT2D eigenvalue weighted by molar-refractivity contribution is 7.89. The fraction of sp³-hybridized carbons (Fsp3) is 0.931. The number of sulfonamides is 1. The smallest absolute Gasteiger partial charge is 0.220 e. The molecule has 8 atom stereocenters. The molecule has 212 valence electrons. The number of hydrazine groups is 1. The minimum atomic E-state index is -3.44. The molecule has 37 heavy (non-hydrogen) atoms. The summed E-state index contributed by atoms with van der Waals surface area (Å²) in [6.07, 6.45) is 13.4. The normalized spacial score (nSPS) is 45.5. The largest absolute Gasteiger partial charge is 0.395 e. The molecule has 5 rings (SSSR count). The van der Waals surface area contributed by atoms with E-state index in [1.165, 1.54) is 44.9 Å². The van der Waals surface area contributed by atoms with E-state index in [0.717, 1.165) is 36.8 Å². The molecule has 0 amide bonds. The van der Waals surface area contributed by atoms with Gasteiger partial charge < -0.3 is 5.11 Å². The van der Waals surface area contributed by atoms with Crippen molar-refractivity contribution in [3.05, 3.63) is 12.2 Å². The number of aliphatic hydroxyl groups excluding tert-OH is 1. The summed E-state index contributed by atoms with van der Waals surface area (Å²) in [5.41, 5.74) is 3.29. The van der Waals surface area contributed by atoms with Crippen LogP contribution in [0, 0.1) is 35.5 Å². The van der Waals surface area contributed by atoms with Crippen molar-refractivity contribution in [1.29, 1.82) is 0 Å². The number of fused-ring (bicyclic) bond motifs is 1. The quantitative estimate of drug-likeness (QED) is 0.508. The summed E-state index contributed by atoms with van der Waals surface area (Å²) in [6.45, 7) is 12.3. The molecule has 0 bridgehead atoms. The minimum Gasteiger partial charge on any atom is -0.395 e. The third-order valence-corrected chi connectivity index (χ3v) is 13.8. The van der Waals surface area contributed by atoms with Gasteiger partial charge in [0.15, 0.2) is 0 Å². The van der Waals surface area contributed by atoms with E-state index in [0.29, 0.717) is 31.5 Å². The van der Waals surface area contributed by atoms with E-state index in [4.69, 9.17) is 0 Å². The van der Waals surface area contributed by atoms with E-state index in [2.05, 4.69) is 42.2 Å². The van der Waals surface area contributed by atoms with Crippen LogP contribution >= 0.6 is 0 Å². The van der Waals surface area contributed by atoms with Crippen molar-refractivity contribution in [2.75, 3.05) is 39.3 Å². The zero-order chi connectivity index (χ0) is 26.3. The molecule has 4 fully saturated rings. The van der Waals surface area contributed by atoms with Gasteiger partial charge in [-0.3, -0.25) is 10.3 Å². The Bertz CT molecular complexity index is 905. The van der Waals surface area contributed by atoms with E-state index in [-0.39, 0.29) is 24.7 Å². The maximum Gasteiger partial charge on any atom is 0.220 e. The van der Waals surface area contributed by atoms with Crippen molar-refractivity contribution < 1.29 is 13.5 Å². The highest BCUT2D eigenvalue weighted by Gasteiger charge is 2.53. The van der Waals surface area contributed by atoms with Gasteiger partial charge in [-0.25, -0.2) is 13.4 Å². The lowest BCUT2D eigenvalue weighted by Gasteiger charge is -2.59. The predicted molar refractivity (Wildman–Crippen MR) is 149 cm³/mol. The van der Waals surface area contributed by atoms with Crippen LogP contribution in [0.4, 0.5) is 0 Å². The second-order valence-corrected chi connectivity index (χ2v) is 15.1. The summed E-state index contributed by atoms with van der Waals surface area (Å²) in [5.74, 6) is 4.42. The molecule has 2 aliphatic carbocycles. The molecule has 2 saturated carbocycles. The molecule has 6 unspecified atom stereocenters. The summed E-state index contributed by atoms with van der Waals surface area (Å²) in [7, 11) is -3.44. The van der Waals surface area contributed by atoms with Gasteiger partial charge in [0.1, 0.15) is 5.25 Å². The maximum atomic E-state index is 13.9. The minimum absolute atomic E-state index is 0.0388. The molecule has 2 N–H and O–H groups in total. The fourth-order valence-corrected chi connectivity index (χ4v) is 11.0. The Morgan fingerprint density at radius 1 is 0.973 bits per heavy atom. The van der Waals surface area contributed by atoms with Crippen molar-refractivity contribution in [3.8, 4) is 0 Å². The number of nitrogens with zero attached hydrogens (tertiary/aromatic N) is 3. The number of hydrogen-bond acceptors (Lipinski definition) is 6. The standard InChI is InChI=1S/C29H52N4O3S/c1-5-33-22(4)28(17-30-33)37(35,36)31-15-6-7-16-32-26(18-31)29(27(32)19-34)24-13-11-23(12-14-24)25-10-8-9-20(2)21(25)3/h6-7,20-30,34H,5,8-19H2,1-4H3/b7-6-/t20?,21?,22?,23?,24?,25?,26?,27-,28?,29+/m1/s1. The topological polar surface area (TPSA) is 76.1 Å². The first-order valence-electron chi connectivity index (χ1n) is 15.3. The molecule has 7 nitrogen and oxygen atoms in total. The van der Waals surface area contributed by atoms with Crippen LogP contribution in [-0.2, 0) is 10.0 Å². The molecular weight excluding hydrogens is 484 g/mol. The molecule has 0 aromatic rings. The van der Waals surface area contributed by atoms with E-state index >= 15 is 0 Å². The third-order valence-electron chi connectivity index (χ3n) is 11.5. The van der Waals surface area contributed by atoms with E-state index in [9.17, 15) is 13.5 Å². The van der Waals surface area contributed by atoms with E-state index in [1.807, 2.05) is 13.0 Å². The van der Waals surface area contributed by atoms with Crippen molar-refractivity contribution in [2.45, 2.75) is 96.0 Å². The van der Waals surface area contributed by atoms with Crippen LogP contribution in [0.5, 0.6) is 0 Å². The summed E-state index contributed by atoms with van der Waals surface area (Å²) >= 11 is 0. The van der Waals surface area contributed by atoms with Gasteiger partial charge in [-0.1, -0.05) is 45.8 Å². The molecule has 2 saturated heterocycles. The lowest BCUT2D eigenvalue weighted by molar-refractivity contribution is -0.114. The first-order chi connectivity index (χ1) is 17.8. The summed E-state index contributed by atoms with van der Waals surface area (Å²) in [5, 5.41) is 12.0. The third kappa shape index (κ3) is 5.20. The van der Waals surface area contributed by atoms with Gasteiger partial charge in [-0.2, -0.15) is 4.31 Å². The Morgan fingerprint density at radius 2 is 1.68 bits per heavy atom. The average molecular weight is 537 g/mol. The van der Waals surface area contributed by atoms with Gasteiger partial charge in [0.05, 0.1) is 6.61 Å². The molecule has 0 aromatic carbocycles. The predicted octanol–water partition coefficient (Wildman–Crippen LogP) is 3.33. The molecule has 3 heterocycles. The lowest BCUT2D eigenvalue weighted by atomic mass is 9.60. The second-order valence-electron chi connectivity index (χ2n) is 13.0. The average Bonchev–Trinajstić information content (AvgIpc) is 3.26. The van der Waals surface area contributed by atoms with Gasteiger partial charge >= 0.3 is 0 Å². The molecule has 5 aliphatic rings. The van der Waals surface area contributed by atoms with Gasteiger partial charge in [0.2, 0.25) is 10.0 Å². The molecule has 0 aromatic heterocycles. The van der Waals surface area contributed by atoms with Crippen LogP contribution in [0.25, 0.3) is 0 Å². The monoisotopic (exact) mass is 536 g/mol. The Balaban J connectivity index is 1.28. The number of nitrogens with one attached hydrogen (secondary N) is 1. The van der Waals surface area contributed by atoms with E-state index < -0.39 is 15.3 Å². The Kier molecular flexibility index (Phi) is 8.74. The Hall–Kier alpha value is -0.510. The van der Waals surface area contributed by atoms with Crippen LogP contribution in [0.2, 0.25) is 0 Å². The van der Waals surface area contributed by atoms with Gasteiger partial charge in [-0.15, -0.1) is 0 Å². The summed E-state index contributed by atoms with van der Waals surface area (Å²) in [6, 6.07) is 0.331. The van der Waals surface area contributed by atoms with Gasteiger partial charge in [0.25, 0.3) is 0 Å². The maximum absolute atomic E-state index is 13.9. The molecule has 0 radical (unpaired) electrons. The summed E-state index contributed by atoms with van der Waals surface area (Å²) in [4.78, 5) is 2.38. The van der Waals surface area contributed by atoms with E-state index in [1.54, 1.807) is 4.31 Å². The zero-order valence-electron chi connectivity index (χ0n) is 23.6. The van der Waals surface area contributed by atoms with Crippen LogP contribution in [0.15, 0.2) is 12.2 Å². The Morgan fingerprint density at radius 3 is 2.35 bits per heavy atom. The lowest BCUT2D eigenvalue weighted by Crippen LogP contribution is -2.71. The second kappa shape index (κ2) is 11.5. The molecule has 3 aliphatic heterocycles. The van der Waals surface area contributed by atoms with Crippen molar-refractivity contribution >= 4 is 10.0 Å². The molecular formula is C29H52N4O3S. The first kappa shape index (κ1) is 28.0. The van der Waals surface area contributed by atoms with Crippen LogP contribution in [-0.4, -0.2) is 90.4 Å². The zero-order valence-corrected chi connectivity index (χ0v) is 24.5.